The molecule has 1 aliphatic carbocycles. The van der Waals surface area contributed by atoms with Crippen molar-refractivity contribution >= 4 is 7.68 Å². The van der Waals surface area contributed by atoms with Crippen LogP contribution in [0, 0.1) is 0 Å². The molecule has 1 saturated carbocycles. The highest BCUT2D eigenvalue weighted by molar-refractivity contribution is 7.52. The molecule has 0 heterocycles. The van der Waals surface area contributed by atoms with Crippen molar-refractivity contribution in [3.05, 3.63) is 0 Å². The zero-order valence-electron chi connectivity index (χ0n) is 7.46. The van der Waals surface area contributed by atoms with Crippen molar-refractivity contribution in [2.75, 3.05) is 6.66 Å². The fraction of sp³-hybridized carbons (Fsp3) is 1.00. The molecule has 0 aromatic heterocycles. The van der Waals surface area contributed by atoms with Crippen molar-refractivity contribution in [3.8, 4) is 0 Å². The average molecular weight is 194 g/mol. The first-order valence-corrected chi connectivity index (χ1v) is 6.50. The molecule has 0 bridgehead atoms. The summed E-state index contributed by atoms with van der Waals surface area (Å²) in [5.74, 6) is 0. The van der Waals surface area contributed by atoms with Gasteiger partial charge in [-0.25, -0.2) is 0 Å². The third kappa shape index (κ3) is 4.22. The summed E-state index contributed by atoms with van der Waals surface area (Å²) in [6.07, 6.45) is 6.16. The lowest BCUT2D eigenvalue weighted by Gasteiger charge is -2.15. The predicted molar refractivity (Wildman–Crippen MR) is 47.2 cm³/mol. The first kappa shape index (κ1) is 10.2. The second kappa shape index (κ2) is 4.38. The van der Waals surface area contributed by atoms with E-state index < -0.39 is 7.68 Å². The van der Waals surface area contributed by atoms with Crippen molar-refractivity contribution in [1.29, 1.82) is 0 Å². The number of hydrogen-bond acceptors (Lipinski definition) is 2. The molecule has 1 unspecified atom stereocenters. The van der Waals surface area contributed by atoms with E-state index in [4.69, 9.17) is 4.52 Å². The van der Waals surface area contributed by atoms with Gasteiger partial charge in [-0.05, 0) is 12.8 Å². The maximum absolute atomic E-state index is 12.6. The molecule has 1 rings (SSSR count). The molecule has 0 saturated heterocycles. The molecule has 2 nitrogen and oxygen atoms in total. The zero-order chi connectivity index (χ0) is 9.03. The summed E-state index contributed by atoms with van der Waals surface area (Å²) in [6, 6.07) is 0. The van der Waals surface area contributed by atoms with Gasteiger partial charge in [0.2, 0.25) is 0 Å². The summed E-state index contributed by atoms with van der Waals surface area (Å²) < 4.78 is 28.2. The van der Waals surface area contributed by atoms with Gasteiger partial charge >= 0.3 is 7.68 Å². The van der Waals surface area contributed by atoms with E-state index in [1.807, 2.05) is 0 Å². The lowest BCUT2D eigenvalue weighted by molar-refractivity contribution is 0.174. The van der Waals surface area contributed by atoms with E-state index in [0.29, 0.717) is 0 Å². The van der Waals surface area contributed by atoms with Gasteiger partial charge in [-0.1, -0.05) is 25.7 Å². The molecular weight excluding hydrogens is 178 g/mol. The number of hydrogen-bond donors (Lipinski definition) is 0. The summed E-state index contributed by atoms with van der Waals surface area (Å²) in [5.41, 5.74) is 0. The Morgan fingerprint density at radius 3 is 2.17 bits per heavy atom. The third-order valence-electron chi connectivity index (χ3n) is 2.14. The van der Waals surface area contributed by atoms with Crippen molar-refractivity contribution in [1.82, 2.24) is 0 Å². The molecule has 72 valence electrons. The van der Waals surface area contributed by atoms with Gasteiger partial charge in [-0.3, -0.25) is 4.57 Å². The average Bonchev–Trinajstić information content (AvgIpc) is 2.12. The molecule has 1 aliphatic rings. The minimum Gasteiger partial charge on any atom is -0.302 e. The summed E-state index contributed by atoms with van der Waals surface area (Å²) in [5, 5.41) is 0. The number of rotatable bonds is 2. The molecule has 4 heteroatoms. The van der Waals surface area contributed by atoms with Gasteiger partial charge < -0.3 is 4.52 Å². The van der Waals surface area contributed by atoms with Gasteiger partial charge in [0, 0.05) is 6.66 Å². The van der Waals surface area contributed by atoms with Gasteiger partial charge in [0.05, 0.1) is 6.10 Å². The van der Waals surface area contributed by atoms with Crippen LogP contribution in [-0.2, 0) is 9.09 Å². The molecule has 12 heavy (non-hydrogen) atoms. The topological polar surface area (TPSA) is 26.3 Å². The highest BCUT2D eigenvalue weighted by Gasteiger charge is 2.21. The maximum atomic E-state index is 12.6. The van der Waals surface area contributed by atoms with Crippen LogP contribution in [0.4, 0.5) is 4.20 Å². The normalized spacial score (nSPS) is 26.2. The van der Waals surface area contributed by atoms with Gasteiger partial charge in [-0.15, -0.1) is 0 Å². The molecule has 0 spiro atoms. The lowest BCUT2D eigenvalue weighted by atomic mass is 10.2. The van der Waals surface area contributed by atoms with Crippen LogP contribution in [-0.4, -0.2) is 12.8 Å². The first-order valence-electron chi connectivity index (χ1n) is 4.53. The fourth-order valence-corrected chi connectivity index (χ4v) is 2.36. The fourth-order valence-electron chi connectivity index (χ4n) is 1.61. The maximum Gasteiger partial charge on any atom is 0.364 e. The molecule has 0 radical (unpaired) electrons. The highest BCUT2D eigenvalue weighted by atomic mass is 31.2. The molecule has 0 aliphatic heterocycles. The van der Waals surface area contributed by atoms with E-state index in [-0.39, 0.29) is 6.10 Å². The minimum absolute atomic E-state index is 0.103. The monoisotopic (exact) mass is 194 g/mol. The van der Waals surface area contributed by atoms with Crippen LogP contribution in [0.2, 0.25) is 0 Å². The Hall–Kier alpha value is 0.120. The van der Waals surface area contributed by atoms with Crippen molar-refractivity contribution in [3.63, 3.8) is 0 Å². The smallest absolute Gasteiger partial charge is 0.302 e. The standard InChI is InChI=1S/C8H16FO2P/c1-12(9,10)11-8-6-4-2-3-5-7-8/h8H,2-7H2,1H3. The molecule has 0 aromatic carbocycles. The molecule has 0 amide bonds. The van der Waals surface area contributed by atoms with Crippen LogP contribution in [0.1, 0.15) is 38.5 Å². The SMILES string of the molecule is CP(=O)(F)OC1CCCCCC1. The predicted octanol–water partition coefficient (Wildman–Crippen LogP) is 3.52. The van der Waals surface area contributed by atoms with Crippen molar-refractivity contribution < 1.29 is 13.3 Å². The molecule has 1 fully saturated rings. The van der Waals surface area contributed by atoms with Crippen LogP contribution < -0.4 is 0 Å². The Kier molecular flexibility index (Phi) is 3.73. The largest absolute Gasteiger partial charge is 0.364 e. The van der Waals surface area contributed by atoms with E-state index >= 15 is 0 Å². The Morgan fingerprint density at radius 1 is 1.25 bits per heavy atom. The molecule has 0 N–H and O–H groups in total. The summed E-state index contributed by atoms with van der Waals surface area (Å²) in [7, 11) is -3.75. The number of halogens is 1. The quantitative estimate of drug-likeness (QED) is 0.496. The van der Waals surface area contributed by atoms with Gasteiger partial charge in [0.25, 0.3) is 0 Å². The van der Waals surface area contributed by atoms with Crippen molar-refractivity contribution in [2.24, 2.45) is 0 Å². The summed E-state index contributed by atoms with van der Waals surface area (Å²) >= 11 is 0. The minimum atomic E-state index is -3.75. The van der Waals surface area contributed by atoms with E-state index in [0.717, 1.165) is 32.3 Å². The molecule has 0 aromatic rings. The van der Waals surface area contributed by atoms with Crippen LogP contribution in [0.5, 0.6) is 0 Å². The second-order valence-electron chi connectivity index (χ2n) is 3.47. The first-order chi connectivity index (χ1) is 5.58. The van der Waals surface area contributed by atoms with Gasteiger partial charge in [-0.2, -0.15) is 4.20 Å². The Labute approximate surface area is 73.1 Å². The highest BCUT2D eigenvalue weighted by Crippen LogP contribution is 2.47. The summed E-state index contributed by atoms with van der Waals surface area (Å²) in [4.78, 5) is 0. The van der Waals surface area contributed by atoms with E-state index in [1.165, 1.54) is 12.8 Å². The van der Waals surface area contributed by atoms with E-state index in [9.17, 15) is 8.76 Å². The van der Waals surface area contributed by atoms with Gasteiger partial charge in [0.15, 0.2) is 0 Å². The second-order valence-corrected chi connectivity index (χ2v) is 5.17. The third-order valence-corrected chi connectivity index (χ3v) is 2.81. The van der Waals surface area contributed by atoms with E-state index in [2.05, 4.69) is 0 Å². The molecular formula is C8H16FO2P. The van der Waals surface area contributed by atoms with Crippen LogP contribution in [0.15, 0.2) is 0 Å². The van der Waals surface area contributed by atoms with E-state index in [1.54, 1.807) is 0 Å². The Balaban J connectivity index is 2.35. The summed E-state index contributed by atoms with van der Waals surface area (Å²) in [6.45, 7) is 1.04. The zero-order valence-corrected chi connectivity index (χ0v) is 8.36. The van der Waals surface area contributed by atoms with Gasteiger partial charge in [0.1, 0.15) is 0 Å². The van der Waals surface area contributed by atoms with Crippen LogP contribution in [0.25, 0.3) is 0 Å². The lowest BCUT2D eigenvalue weighted by Crippen LogP contribution is -2.08. The Morgan fingerprint density at radius 2 is 1.75 bits per heavy atom. The molecule has 1 atom stereocenters. The van der Waals surface area contributed by atoms with Crippen molar-refractivity contribution in [2.45, 2.75) is 44.6 Å². The Bertz CT molecular complexity index is 170. The van der Waals surface area contributed by atoms with Crippen LogP contribution in [0.3, 0.4) is 0 Å². The van der Waals surface area contributed by atoms with Crippen LogP contribution >= 0.6 is 7.68 Å².